The lowest BCUT2D eigenvalue weighted by Gasteiger charge is -2.13. The Bertz CT molecular complexity index is 325. The number of hydrogen-bond acceptors (Lipinski definition) is 4. The first-order valence-electron chi connectivity index (χ1n) is 7.66. The highest BCUT2D eigenvalue weighted by Crippen LogP contribution is 2.21. The number of hydrazine groups is 1. The molecule has 0 saturated carbocycles. The summed E-state index contributed by atoms with van der Waals surface area (Å²) in [5.41, 5.74) is 4.00. The van der Waals surface area contributed by atoms with E-state index < -0.39 is 0 Å². The minimum Gasteiger partial charge on any atom is -0.271 e. The van der Waals surface area contributed by atoms with E-state index in [0.29, 0.717) is 0 Å². The average Bonchev–Trinajstić information content (AvgIpc) is 2.83. The number of aromatic nitrogens is 1. The molecule has 1 aromatic heterocycles. The molecule has 0 radical (unpaired) electrons. The molecule has 4 heteroatoms. The molecular formula is C15H29N3S. The van der Waals surface area contributed by atoms with Gasteiger partial charge in [-0.3, -0.25) is 11.3 Å². The van der Waals surface area contributed by atoms with Gasteiger partial charge in [0.25, 0.3) is 0 Å². The third-order valence-corrected chi connectivity index (χ3v) is 4.33. The Hall–Kier alpha value is -0.450. The maximum atomic E-state index is 5.62. The fraction of sp³-hybridized carbons (Fsp3) is 0.800. The minimum absolute atomic E-state index is 0.227. The normalized spacial score (nSPS) is 12.8. The number of nitrogens with two attached hydrogens (primary N) is 1. The van der Waals surface area contributed by atoms with Crippen LogP contribution in [0, 0.1) is 6.92 Å². The lowest BCUT2D eigenvalue weighted by molar-refractivity contribution is 0.468. The molecule has 1 atom stereocenters. The summed E-state index contributed by atoms with van der Waals surface area (Å²) in [5.74, 6) is 5.62. The fourth-order valence-corrected chi connectivity index (χ4v) is 3.01. The molecule has 0 spiro atoms. The van der Waals surface area contributed by atoms with Gasteiger partial charge in [0.05, 0.1) is 16.7 Å². The zero-order chi connectivity index (χ0) is 13.9. The molecule has 1 rings (SSSR count). The first-order valence-corrected chi connectivity index (χ1v) is 8.54. The smallest absolute Gasteiger partial charge is 0.0898 e. The van der Waals surface area contributed by atoms with Gasteiger partial charge in [0.1, 0.15) is 0 Å². The van der Waals surface area contributed by atoms with Crippen LogP contribution in [0.25, 0.3) is 0 Å². The van der Waals surface area contributed by atoms with Crippen LogP contribution in [0.1, 0.15) is 81.5 Å². The van der Waals surface area contributed by atoms with E-state index in [0.717, 1.165) is 17.1 Å². The molecule has 0 fully saturated rings. The molecule has 1 heterocycles. The zero-order valence-corrected chi connectivity index (χ0v) is 13.3. The van der Waals surface area contributed by atoms with Gasteiger partial charge in [-0.25, -0.2) is 4.98 Å². The van der Waals surface area contributed by atoms with Crippen molar-refractivity contribution >= 4 is 11.3 Å². The van der Waals surface area contributed by atoms with Crippen molar-refractivity contribution in [2.45, 2.75) is 77.7 Å². The molecular weight excluding hydrogens is 254 g/mol. The predicted molar refractivity (Wildman–Crippen MR) is 84.1 cm³/mol. The highest BCUT2D eigenvalue weighted by molar-refractivity contribution is 7.09. The molecule has 0 aliphatic heterocycles. The Morgan fingerprint density at radius 1 is 1.16 bits per heavy atom. The fourth-order valence-electron chi connectivity index (χ4n) is 2.34. The van der Waals surface area contributed by atoms with Crippen molar-refractivity contribution in [3.63, 3.8) is 0 Å². The van der Waals surface area contributed by atoms with Gasteiger partial charge in [-0.15, -0.1) is 11.3 Å². The van der Waals surface area contributed by atoms with Gasteiger partial charge in [0.2, 0.25) is 0 Å². The lowest BCUT2D eigenvalue weighted by atomic mass is 10.0. The minimum atomic E-state index is 0.227. The summed E-state index contributed by atoms with van der Waals surface area (Å²) in [6.45, 7) is 4.30. The van der Waals surface area contributed by atoms with Crippen LogP contribution >= 0.6 is 11.3 Å². The number of nitrogens with zero attached hydrogens (tertiary/aromatic N) is 1. The molecule has 0 aliphatic rings. The van der Waals surface area contributed by atoms with E-state index in [4.69, 9.17) is 5.84 Å². The van der Waals surface area contributed by atoms with Crippen LogP contribution in [0.15, 0.2) is 5.38 Å². The number of rotatable bonds is 11. The van der Waals surface area contributed by atoms with Crippen LogP contribution in [-0.2, 0) is 0 Å². The Morgan fingerprint density at radius 2 is 1.79 bits per heavy atom. The van der Waals surface area contributed by atoms with Crippen LogP contribution in [-0.4, -0.2) is 4.98 Å². The van der Waals surface area contributed by atoms with Crippen LogP contribution in [0.4, 0.5) is 0 Å². The molecule has 0 aliphatic carbocycles. The molecule has 1 aromatic rings. The summed E-state index contributed by atoms with van der Waals surface area (Å²) in [6, 6.07) is 0.227. The van der Waals surface area contributed by atoms with E-state index in [9.17, 15) is 0 Å². The van der Waals surface area contributed by atoms with Crippen LogP contribution < -0.4 is 11.3 Å². The van der Waals surface area contributed by atoms with Gasteiger partial charge in [0.15, 0.2) is 0 Å². The number of unbranched alkanes of at least 4 members (excludes halogenated alkanes) is 7. The Kier molecular flexibility index (Phi) is 9.05. The number of nitrogens with one attached hydrogen (secondary N) is 1. The van der Waals surface area contributed by atoms with E-state index in [1.54, 1.807) is 11.3 Å². The van der Waals surface area contributed by atoms with E-state index in [1.165, 1.54) is 51.4 Å². The molecule has 3 N–H and O–H groups in total. The molecule has 0 aromatic carbocycles. The van der Waals surface area contributed by atoms with Crippen molar-refractivity contribution in [3.8, 4) is 0 Å². The third kappa shape index (κ3) is 7.04. The number of aryl methyl sites for hydroxylation is 1. The van der Waals surface area contributed by atoms with E-state index in [-0.39, 0.29) is 6.04 Å². The lowest BCUT2D eigenvalue weighted by Crippen LogP contribution is -2.28. The van der Waals surface area contributed by atoms with Gasteiger partial charge >= 0.3 is 0 Å². The second kappa shape index (κ2) is 10.4. The molecule has 0 amide bonds. The highest BCUT2D eigenvalue weighted by Gasteiger charge is 2.11. The number of thiazole rings is 1. The molecule has 110 valence electrons. The monoisotopic (exact) mass is 283 g/mol. The average molecular weight is 283 g/mol. The van der Waals surface area contributed by atoms with Crippen LogP contribution in [0.5, 0.6) is 0 Å². The second-order valence-electron chi connectivity index (χ2n) is 5.27. The van der Waals surface area contributed by atoms with Gasteiger partial charge in [0, 0.05) is 5.38 Å². The Balaban J connectivity index is 2.07. The van der Waals surface area contributed by atoms with Crippen LogP contribution in [0.2, 0.25) is 0 Å². The Labute approximate surface area is 122 Å². The second-order valence-corrected chi connectivity index (χ2v) is 6.34. The van der Waals surface area contributed by atoms with Gasteiger partial charge in [-0.2, -0.15) is 0 Å². The zero-order valence-electron chi connectivity index (χ0n) is 12.5. The quantitative estimate of drug-likeness (QED) is 0.357. The largest absolute Gasteiger partial charge is 0.271 e. The maximum absolute atomic E-state index is 5.62. The summed E-state index contributed by atoms with van der Waals surface area (Å²) in [4.78, 5) is 4.51. The third-order valence-electron chi connectivity index (χ3n) is 3.54. The summed E-state index contributed by atoms with van der Waals surface area (Å²) < 4.78 is 0. The molecule has 3 nitrogen and oxygen atoms in total. The first-order chi connectivity index (χ1) is 9.27. The molecule has 0 bridgehead atoms. The maximum Gasteiger partial charge on any atom is 0.0898 e. The van der Waals surface area contributed by atoms with Gasteiger partial charge in [-0.1, -0.05) is 58.3 Å². The van der Waals surface area contributed by atoms with Crippen molar-refractivity contribution in [1.82, 2.24) is 10.4 Å². The van der Waals surface area contributed by atoms with E-state index >= 15 is 0 Å². The highest BCUT2D eigenvalue weighted by atomic mass is 32.1. The summed E-state index contributed by atoms with van der Waals surface area (Å²) in [7, 11) is 0. The predicted octanol–water partition coefficient (Wildman–Crippen LogP) is 4.49. The van der Waals surface area contributed by atoms with Crippen molar-refractivity contribution in [1.29, 1.82) is 0 Å². The summed E-state index contributed by atoms with van der Waals surface area (Å²) >= 11 is 1.70. The first kappa shape index (κ1) is 16.6. The SMILES string of the molecule is CCCCCCCCCCC(NN)c1csc(C)n1. The van der Waals surface area contributed by atoms with Crippen molar-refractivity contribution in [3.05, 3.63) is 16.1 Å². The van der Waals surface area contributed by atoms with Gasteiger partial charge in [-0.05, 0) is 13.3 Å². The van der Waals surface area contributed by atoms with Gasteiger partial charge < -0.3 is 0 Å². The van der Waals surface area contributed by atoms with Crippen LogP contribution in [0.3, 0.4) is 0 Å². The van der Waals surface area contributed by atoms with Crippen molar-refractivity contribution in [2.75, 3.05) is 0 Å². The van der Waals surface area contributed by atoms with E-state index in [1.807, 2.05) is 6.92 Å². The summed E-state index contributed by atoms with van der Waals surface area (Å²) in [6.07, 6.45) is 11.9. The number of hydrogen-bond donors (Lipinski definition) is 2. The Morgan fingerprint density at radius 3 is 2.32 bits per heavy atom. The topological polar surface area (TPSA) is 50.9 Å². The molecule has 1 unspecified atom stereocenters. The summed E-state index contributed by atoms with van der Waals surface area (Å²) in [5, 5.41) is 3.23. The van der Waals surface area contributed by atoms with Crippen molar-refractivity contribution < 1.29 is 0 Å². The van der Waals surface area contributed by atoms with E-state index in [2.05, 4.69) is 22.7 Å². The van der Waals surface area contributed by atoms with Crippen molar-refractivity contribution in [2.24, 2.45) is 5.84 Å². The molecule has 0 saturated heterocycles. The molecule has 19 heavy (non-hydrogen) atoms. The standard InChI is InChI=1S/C15H29N3S/c1-3-4-5-6-7-8-9-10-11-14(18-16)15-12-19-13(2)17-15/h12,14,18H,3-11,16H2,1-2H3.